The fraction of sp³-hybridized carbons (Fsp3) is 0.214. The van der Waals surface area contributed by atoms with Crippen molar-refractivity contribution in [1.29, 1.82) is 0 Å². The molecule has 2 aromatic heterocycles. The Morgan fingerprint density at radius 3 is 2.47 bits per heavy atom. The van der Waals surface area contributed by atoms with E-state index in [1.165, 1.54) is 4.57 Å². The summed E-state index contributed by atoms with van der Waals surface area (Å²) >= 11 is 0. The summed E-state index contributed by atoms with van der Waals surface area (Å²) < 4.78 is 1.53. The summed E-state index contributed by atoms with van der Waals surface area (Å²) in [5, 5.41) is 6.27. The Morgan fingerprint density at radius 1 is 1.03 bits per heavy atom. The second kappa shape index (κ2) is 11.4. The number of carbonyl (C=O) groups is 1. The van der Waals surface area contributed by atoms with Crippen molar-refractivity contribution in [3.8, 4) is 22.4 Å². The van der Waals surface area contributed by atoms with Crippen molar-refractivity contribution in [3.05, 3.63) is 101 Å². The van der Waals surface area contributed by atoms with Gasteiger partial charge in [0.2, 0.25) is 11.9 Å². The molecule has 1 atom stereocenters. The van der Waals surface area contributed by atoms with Crippen LogP contribution < -0.4 is 21.9 Å². The van der Waals surface area contributed by atoms with E-state index in [9.17, 15) is 9.59 Å². The fourth-order valence-electron chi connectivity index (χ4n) is 4.13. The Balaban J connectivity index is 1.66. The predicted molar refractivity (Wildman–Crippen MR) is 142 cm³/mol. The van der Waals surface area contributed by atoms with E-state index in [1.807, 2.05) is 73.7 Å². The molecule has 0 saturated heterocycles. The van der Waals surface area contributed by atoms with E-state index in [4.69, 9.17) is 10.7 Å². The summed E-state index contributed by atoms with van der Waals surface area (Å²) in [6.07, 6.45) is 3.95. The van der Waals surface area contributed by atoms with Crippen LogP contribution in [0.3, 0.4) is 0 Å². The second-order valence-corrected chi connectivity index (χ2v) is 8.58. The van der Waals surface area contributed by atoms with Gasteiger partial charge < -0.3 is 16.4 Å². The first-order valence-electron chi connectivity index (χ1n) is 11.8. The van der Waals surface area contributed by atoms with E-state index in [1.54, 1.807) is 19.4 Å². The van der Waals surface area contributed by atoms with Gasteiger partial charge in [-0.25, -0.2) is 4.98 Å². The second-order valence-electron chi connectivity index (χ2n) is 8.58. The van der Waals surface area contributed by atoms with Crippen molar-refractivity contribution in [2.24, 2.45) is 12.8 Å². The van der Waals surface area contributed by atoms with E-state index in [0.717, 1.165) is 22.3 Å². The lowest BCUT2D eigenvalue weighted by atomic mass is 9.99. The van der Waals surface area contributed by atoms with Crippen molar-refractivity contribution in [3.63, 3.8) is 0 Å². The van der Waals surface area contributed by atoms with Crippen LogP contribution in [0.4, 0.5) is 5.95 Å². The van der Waals surface area contributed by atoms with Gasteiger partial charge in [-0.2, -0.15) is 0 Å². The zero-order valence-corrected chi connectivity index (χ0v) is 20.4. The van der Waals surface area contributed by atoms with Crippen LogP contribution in [-0.2, 0) is 11.8 Å². The number of anilines is 1. The Kier molecular flexibility index (Phi) is 7.87. The number of pyridine rings is 1. The number of rotatable bonds is 9. The summed E-state index contributed by atoms with van der Waals surface area (Å²) in [6, 6.07) is 21.0. The van der Waals surface area contributed by atoms with E-state index in [0.29, 0.717) is 30.2 Å². The van der Waals surface area contributed by atoms with Gasteiger partial charge in [0.05, 0.1) is 23.8 Å². The van der Waals surface area contributed by atoms with Crippen LogP contribution in [0.15, 0.2) is 83.9 Å². The van der Waals surface area contributed by atoms with Crippen molar-refractivity contribution in [2.45, 2.75) is 19.4 Å². The van der Waals surface area contributed by atoms with Crippen LogP contribution in [0, 0.1) is 6.92 Å². The van der Waals surface area contributed by atoms with Crippen molar-refractivity contribution < 1.29 is 4.79 Å². The maximum absolute atomic E-state index is 13.6. The summed E-state index contributed by atoms with van der Waals surface area (Å²) in [4.78, 5) is 34.6. The van der Waals surface area contributed by atoms with E-state index in [-0.39, 0.29) is 24.1 Å². The molecule has 4 aromatic rings. The van der Waals surface area contributed by atoms with Crippen molar-refractivity contribution >= 4 is 11.9 Å². The van der Waals surface area contributed by atoms with Gasteiger partial charge in [-0.05, 0) is 36.6 Å². The molecular formula is C28H30N6O2. The molecule has 0 spiro atoms. The number of nitrogens with zero attached hydrogens (tertiary/aromatic N) is 3. The summed E-state index contributed by atoms with van der Waals surface area (Å²) in [5.74, 6) is 0.219. The van der Waals surface area contributed by atoms with Crippen LogP contribution in [-0.4, -0.2) is 33.5 Å². The van der Waals surface area contributed by atoms with Gasteiger partial charge in [-0.1, -0.05) is 60.2 Å². The molecule has 0 unspecified atom stereocenters. The number of nitrogens with two attached hydrogens (primary N) is 1. The molecule has 0 aliphatic carbocycles. The SMILES string of the molecule is Cc1cccc(-c2c(-c3ccncc3)nc(NCC[C@H](NC(=O)CN)c3ccccc3)n(C)c2=O)c1. The Hall–Kier alpha value is -4.30. The molecule has 36 heavy (non-hydrogen) atoms. The maximum Gasteiger partial charge on any atom is 0.263 e. The van der Waals surface area contributed by atoms with Crippen molar-refractivity contribution in [2.75, 3.05) is 18.4 Å². The lowest BCUT2D eigenvalue weighted by Crippen LogP contribution is -2.34. The van der Waals surface area contributed by atoms with Crippen LogP contribution in [0.2, 0.25) is 0 Å². The van der Waals surface area contributed by atoms with Gasteiger partial charge >= 0.3 is 0 Å². The molecule has 0 aliphatic rings. The minimum atomic E-state index is -0.225. The highest BCUT2D eigenvalue weighted by Gasteiger charge is 2.19. The Labute approximate surface area is 210 Å². The molecule has 4 N–H and O–H groups in total. The normalized spacial score (nSPS) is 11.6. The highest BCUT2D eigenvalue weighted by Crippen LogP contribution is 2.29. The number of benzene rings is 2. The molecule has 0 bridgehead atoms. The first-order chi connectivity index (χ1) is 17.5. The smallest absolute Gasteiger partial charge is 0.263 e. The maximum atomic E-state index is 13.6. The number of nitrogens with one attached hydrogen (secondary N) is 2. The number of hydrogen-bond acceptors (Lipinski definition) is 6. The average Bonchev–Trinajstić information content (AvgIpc) is 2.91. The molecule has 184 valence electrons. The minimum Gasteiger partial charge on any atom is -0.355 e. The third kappa shape index (κ3) is 5.67. The van der Waals surface area contributed by atoms with Gasteiger partial charge in [-0.3, -0.25) is 19.1 Å². The van der Waals surface area contributed by atoms with Gasteiger partial charge in [0, 0.05) is 31.5 Å². The van der Waals surface area contributed by atoms with Gasteiger partial charge in [0.25, 0.3) is 5.56 Å². The quantitative estimate of drug-likeness (QED) is 0.337. The van der Waals surface area contributed by atoms with E-state index >= 15 is 0 Å². The monoisotopic (exact) mass is 482 g/mol. The summed E-state index contributed by atoms with van der Waals surface area (Å²) in [7, 11) is 1.71. The van der Waals surface area contributed by atoms with Crippen LogP contribution in [0.25, 0.3) is 22.4 Å². The largest absolute Gasteiger partial charge is 0.355 e. The number of carbonyl (C=O) groups excluding carboxylic acids is 1. The Morgan fingerprint density at radius 2 is 1.78 bits per heavy atom. The van der Waals surface area contributed by atoms with E-state index < -0.39 is 0 Å². The summed E-state index contributed by atoms with van der Waals surface area (Å²) in [5.41, 5.74) is 10.2. The number of hydrogen-bond donors (Lipinski definition) is 3. The highest BCUT2D eigenvalue weighted by atomic mass is 16.2. The molecule has 1 amide bonds. The standard InChI is InChI=1S/C28H30N6O2/c1-19-7-6-10-22(17-19)25-26(21-11-14-30-15-12-21)33-28(34(2)27(25)36)31-16-13-23(32-24(35)18-29)20-8-4-3-5-9-20/h3-12,14-15,17,23H,13,16,18,29H2,1-2H3,(H,31,33)(H,32,35)/t23-/m0/s1. The molecule has 4 rings (SSSR count). The first kappa shape index (κ1) is 24.8. The molecule has 0 aliphatic heterocycles. The lowest BCUT2D eigenvalue weighted by molar-refractivity contribution is -0.120. The molecule has 0 fully saturated rings. The minimum absolute atomic E-state index is 0.0808. The number of amides is 1. The average molecular weight is 483 g/mol. The third-order valence-electron chi connectivity index (χ3n) is 5.99. The molecule has 2 heterocycles. The predicted octanol–water partition coefficient (Wildman–Crippen LogP) is 3.44. The van der Waals surface area contributed by atoms with Crippen molar-refractivity contribution in [1.82, 2.24) is 19.9 Å². The first-order valence-corrected chi connectivity index (χ1v) is 11.8. The van der Waals surface area contributed by atoms with Gasteiger partial charge in [-0.15, -0.1) is 0 Å². The van der Waals surface area contributed by atoms with Crippen LogP contribution in [0.5, 0.6) is 0 Å². The molecule has 8 nitrogen and oxygen atoms in total. The molecule has 0 radical (unpaired) electrons. The summed E-state index contributed by atoms with van der Waals surface area (Å²) in [6.45, 7) is 2.39. The highest BCUT2D eigenvalue weighted by molar-refractivity contribution is 5.81. The van der Waals surface area contributed by atoms with Gasteiger partial charge in [0.15, 0.2) is 0 Å². The Bertz CT molecular complexity index is 1390. The number of aromatic nitrogens is 3. The van der Waals surface area contributed by atoms with Gasteiger partial charge in [0.1, 0.15) is 0 Å². The molecular weight excluding hydrogens is 452 g/mol. The molecule has 2 aromatic carbocycles. The van der Waals surface area contributed by atoms with Crippen LogP contribution in [0.1, 0.15) is 23.6 Å². The number of aryl methyl sites for hydroxylation is 1. The zero-order valence-electron chi connectivity index (χ0n) is 20.4. The molecule has 8 heteroatoms. The lowest BCUT2D eigenvalue weighted by Gasteiger charge is -2.20. The zero-order chi connectivity index (χ0) is 25.5. The third-order valence-corrected chi connectivity index (χ3v) is 5.99. The van der Waals surface area contributed by atoms with E-state index in [2.05, 4.69) is 15.6 Å². The topological polar surface area (TPSA) is 115 Å². The van der Waals surface area contributed by atoms with Crippen LogP contribution >= 0.6 is 0 Å². The molecule has 0 saturated carbocycles. The fourth-order valence-corrected chi connectivity index (χ4v) is 4.13.